The third-order valence-corrected chi connectivity index (χ3v) is 4.14. The van der Waals surface area contributed by atoms with Gasteiger partial charge in [-0.2, -0.15) is 0 Å². The van der Waals surface area contributed by atoms with Gasteiger partial charge < -0.3 is 10.4 Å². The fourth-order valence-electron chi connectivity index (χ4n) is 1.86. The molecule has 1 aliphatic rings. The van der Waals surface area contributed by atoms with Crippen molar-refractivity contribution < 1.29 is 13.5 Å². The number of rotatable bonds is 2. The quantitative estimate of drug-likeness (QED) is 0.773. The zero-order chi connectivity index (χ0) is 11.8. The van der Waals surface area contributed by atoms with Gasteiger partial charge in [0.15, 0.2) is 0 Å². The zero-order valence-corrected chi connectivity index (χ0v) is 10.1. The Labute approximate surface area is 98.7 Å². The molecule has 1 aromatic rings. The third-order valence-electron chi connectivity index (χ3n) is 2.79. The van der Waals surface area contributed by atoms with Crippen LogP contribution in [-0.2, 0) is 14.7 Å². The topological polar surface area (TPSA) is 66.4 Å². The summed E-state index contributed by atoms with van der Waals surface area (Å²) in [5.74, 6) is 0. The molecule has 2 rings (SSSR count). The second-order valence-corrected chi connectivity index (χ2v) is 6.49. The number of nitrogens with one attached hydrogen (secondary N) is 1. The first-order valence-electron chi connectivity index (χ1n) is 4.90. The van der Waals surface area contributed by atoms with Gasteiger partial charge >= 0.3 is 0 Å². The summed E-state index contributed by atoms with van der Waals surface area (Å²) >= 11 is 0. The maximum Gasteiger partial charge on any atom is 0.261 e. The highest BCUT2D eigenvalue weighted by Gasteiger charge is 2.33. The molecule has 1 atom stereocenters. The van der Waals surface area contributed by atoms with Crippen LogP contribution in [0, 0.1) is 0 Å². The molecule has 1 saturated heterocycles. The Balaban J connectivity index is 2.44. The van der Waals surface area contributed by atoms with Gasteiger partial charge in [-0.3, -0.25) is 0 Å². The van der Waals surface area contributed by atoms with Gasteiger partial charge in [-0.1, -0.05) is 12.1 Å². The molecule has 88 valence electrons. The average Bonchev–Trinajstić information content (AvgIpc) is 2.66. The molecule has 1 fully saturated rings. The smallest absolute Gasteiger partial charge is 0.261 e. The molecule has 4 nitrogen and oxygen atoms in total. The fraction of sp³-hybridized carbons (Fsp3) is 0.400. The zero-order valence-electron chi connectivity index (χ0n) is 8.48. The second-order valence-electron chi connectivity index (χ2n) is 3.92. The number of halogens is 1. The first kappa shape index (κ1) is 11.9. The summed E-state index contributed by atoms with van der Waals surface area (Å²) in [5.41, 5.74) is -0.406. The van der Waals surface area contributed by atoms with E-state index in [1.807, 2.05) is 0 Å². The van der Waals surface area contributed by atoms with Crippen molar-refractivity contribution in [2.45, 2.75) is 16.9 Å². The number of benzene rings is 1. The molecule has 0 radical (unpaired) electrons. The highest BCUT2D eigenvalue weighted by atomic mass is 35.7. The van der Waals surface area contributed by atoms with Gasteiger partial charge in [-0.15, -0.1) is 0 Å². The molecule has 0 aliphatic carbocycles. The fourth-order valence-corrected chi connectivity index (χ4v) is 2.66. The molecule has 6 heteroatoms. The normalized spacial score (nSPS) is 25.9. The molecular weight excluding hydrogens is 250 g/mol. The van der Waals surface area contributed by atoms with E-state index in [2.05, 4.69) is 5.32 Å². The van der Waals surface area contributed by atoms with Crippen LogP contribution in [0.1, 0.15) is 12.0 Å². The predicted octanol–water partition coefficient (Wildman–Crippen LogP) is 0.795. The van der Waals surface area contributed by atoms with Crippen molar-refractivity contribution in [2.75, 3.05) is 13.1 Å². The summed E-state index contributed by atoms with van der Waals surface area (Å²) < 4.78 is 22.3. The maximum atomic E-state index is 11.2. The van der Waals surface area contributed by atoms with Crippen molar-refractivity contribution in [1.29, 1.82) is 0 Å². The van der Waals surface area contributed by atoms with E-state index in [4.69, 9.17) is 10.7 Å². The molecular formula is C10H12ClNO3S. The minimum absolute atomic E-state index is 0.0204. The van der Waals surface area contributed by atoms with Crippen LogP contribution < -0.4 is 5.32 Å². The Morgan fingerprint density at radius 1 is 1.44 bits per heavy atom. The number of β-amino-alcohol motifs (C(OH)–C–C–N with tert-alkyl or cyclic N) is 1. The lowest BCUT2D eigenvalue weighted by molar-refractivity contribution is 0.0585. The standard InChI is InChI=1S/C10H12ClNO3S/c11-16(14,15)9-3-1-2-8(6-9)10(13)4-5-12-7-10/h1-3,6,12-13H,4-5,7H2. The van der Waals surface area contributed by atoms with Gasteiger partial charge in [-0.25, -0.2) is 8.42 Å². The lowest BCUT2D eigenvalue weighted by Gasteiger charge is -2.22. The summed E-state index contributed by atoms with van der Waals surface area (Å²) in [7, 11) is 1.52. The number of hydrogen-bond acceptors (Lipinski definition) is 4. The Kier molecular flexibility index (Phi) is 2.96. The van der Waals surface area contributed by atoms with E-state index < -0.39 is 14.7 Å². The highest BCUT2D eigenvalue weighted by molar-refractivity contribution is 8.13. The van der Waals surface area contributed by atoms with E-state index in [0.717, 1.165) is 0 Å². The van der Waals surface area contributed by atoms with E-state index in [1.54, 1.807) is 12.1 Å². The molecule has 0 bridgehead atoms. The SMILES string of the molecule is O=S(=O)(Cl)c1cccc(C2(O)CCNC2)c1. The van der Waals surface area contributed by atoms with Gasteiger partial charge in [0.2, 0.25) is 0 Å². The summed E-state index contributed by atoms with van der Waals surface area (Å²) in [6.07, 6.45) is 0.568. The van der Waals surface area contributed by atoms with E-state index in [9.17, 15) is 13.5 Å². The Morgan fingerprint density at radius 2 is 2.19 bits per heavy atom. The summed E-state index contributed by atoms with van der Waals surface area (Å²) in [5, 5.41) is 13.3. The van der Waals surface area contributed by atoms with Crippen LogP contribution >= 0.6 is 10.7 Å². The predicted molar refractivity (Wildman–Crippen MR) is 60.9 cm³/mol. The van der Waals surface area contributed by atoms with Gasteiger partial charge in [0.1, 0.15) is 5.60 Å². The molecule has 0 amide bonds. The average molecular weight is 262 g/mol. The number of hydrogen-bond donors (Lipinski definition) is 2. The molecule has 1 aromatic carbocycles. The van der Waals surface area contributed by atoms with Gasteiger partial charge in [0.05, 0.1) is 4.90 Å². The molecule has 1 unspecified atom stereocenters. The minimum Gasteiger partial charge on any atom is -0.384 e. The molecule has 16 heavy (non-hydrogen) atoms. The van der Waals surface area contributed by atoms with Crippen LogP contribution in [0.3, 0.4) is 0 Å². The first-order chi connectivity index (χ1) is 7.42. The van der Waals surface area contributed by atoms with Gasteiger partial charge in [0.25, 0.3) is 9.05 Å². The van der Waals surface area contributed by atoms with E-state index >= 15 is 0 Å². The first-order valence-corrected chi connectivity index (χ1v) is 7.21. The summed E-state index contributed by atoms with van der Waals surface area (Å²) in [6.45, 7) is 1.15. The lowest BCUT2D eigenvalue weighted by Crippen LogP contribution is -2.28. The van der Waals surface area contributed by atoms with Gasteiger partial charge in [-0.05, 0) is 30.7 Å². The monoisotopic (exact) mass is 261 g/mol. The van der Waals surface area contributed by atoms with Crippen LogP contribution in [-0.4, -0.2) is 26.6 Å². The van der Waals surface area contributed by atoms with Crippen LogP contribution in [0.4, 0.5) is 0 Å². The van der Waals surface area contributed by atoms with Crippen molar-refractivity contribution in [3.8, 4) is 0 Å². The van der Waals surface area contributed by atoms with Crippen LogP contribution in [0.25, 0.3) is 0 Å². The third kappa shape index (κ3) is 2.22. The van der Waals surface area contributed by atoms with Crippen LogP contribution in [0.5, 0.6) is 0 Å². The maximum absolute atomic E-state index is 11.2. The minimum atomic E-state index is -3.74. The number of aliphatic hydroxyl groups is 1. The van der Waals surface area contributed by atoms with E-state index in [-0.39, 0.29) is 4.90 Å². The van der Waals surface area contributed by atoms with E-state index in [1.165, 1.54) is 12.1 Å². The molecule has 0 spiro atoms. The summed E-state index contributed by atoms with van der Waals surface area (Å²) in [6, 6.07) is 6.13. The van der Waals surface area contributed by atoms with E-state index in [0.29, 0.717) is 25.1 Å². The van der Waals surface area contributed by atoms with Crippen LogP contribution in [0.15, 0.2) is 29.2 Å². The molecule has 0 aromatic heterocycles. The van der Waals surface area contributed by atoms with Crippen molar-refractivity contribution in [3.63, 3.8) is 0 Å². The van der Waals surface area contributed by atoms with Crippen molar-refractivity contribution >= 4 is 19.7 Å². The lowest BCUT2D eigenvalue weighted by atomic mass is 9.93. The summed E-state index contributed by atoms with van der Waals surface area (Å²) in [4.78, 5) is 0.0204. The van der Waals surface area contributed by atoms with Crippen LogP contribution in [0.2, 0.25) is 0 Å². The van der Waals surface area contributed by atoms with Gasteiger partial charge in [0, 0.05) is 17.2 Å². The molecule has 1 aliphatic heterocycles. The Bertz CT molecular complexity index is 495. The largest absolute Gasteiger partial charge is 0.384 e. The Hall–Kier alpha value is -0.620. The van der Waals surface area contributed by atoms with Crippen molar-refractivity contribution in [3.05, 3.63) is 29.8 Å². The molecule has 1 heterocycles. The van der Waals surface area contributed by atoms with Crippen molar-refractivity contribution in [1.82, 2.24) is 5.32 Å². The second kappa shape index (κ2) is 4.00. The van der Waals surface area contributed by atoms with Crippen molar-refractivity contribution in [2.24, 2.45) is 0 Å². The molecule has 2 N–H and O–H groups in total. The molecule has 0 saturated carbocycles. The Morgan fingerprint density at radius 3 is 2.75 bits per heavy atom. The highest BCUT2D eigenvalue weighted by Crippen LogP contribution is 2.29.